The van der Waals surface area contributed by atoms with Gasteiger partial charge in [-0.1, -0.05) is 32.9 Å². The number of anilines is 1. The Labute approximate surface area is 110 Å². The second-order valence-electron chi connectivity index (χ2n) is 4.93. The van der Waals surface area contributed by atoms with E-state index in [2.05, 4.69) is 37.4 Å². The van der Waals surface area contributed by atoms with E-state index in [4.69, 9.17) is 0 Å². The van der Waals surface area contributed by atoms with Gasteiger partial charge in [0.25, 0.3) is 0 Å². The molecule has 0 bridgehead atoms. The van der Waals surface area contributed by atoms with Gasteiger partial charge in [-0.15, -0.1) is 0 Å². The molecular weight excluding hydrogens is 224 g/mol. The third-order valence-electron chi connectivity index (χ3n) is 3.16. The second kappa shape index (κ2) is 6.55. The zero-order valence-corrected chi connectivity index (χ0v) is 12.1. The van der Waals surface area contributed by atoms with Gasteiger partial charge in [0.05, 0.1) is 6.54 Å². The lowest BCUT2D eigenvalue weighted by Gasteiger charge is -2.21. The average Bonchev–Trinajstić information content (AvgIpc) is 2.35. The van der Waals surface area contributed by atoms with Gasteiger partial charge in [0.15, 0.2) is 0 Å². The van der Waals surface area contributed by atoms with Crippen molar-refractivity contribution < 1.29 is 4.79 Å². The summed E-state index contributed by atoms with van der Waals surface area (Å²) in [6, 6.07) is 6.33. The second-order valence-corrected chi connectivity index (χ2v) is 4.93. The van der Waals surface area contributed by atoms with Crippen LogP contribution in [-0.2, 0) is 4.79 Å². The quantitative estimate of drug-likeness (QED) is 0.869. The number of carbonyl (C=O) groups is 1. The van der Waals surface area contributed by atoms with Crippen LogP contribution in [0.3, 0.4) is 0 Å². The molecule has 1 aromatic rings. The molecule has 100 valence electrons. The van der Waals surface area contributed by atoms with Gasteiger partial charge in [0.1, 0.15) is 0 Å². The highest BCUT2D eigenvalue weighted by molar-refractivity contribution is 5.95. The molecule has 0 aliphatic carbocycles. The summed E-state index contributed by atoms with van der Waals surface area (Å²) >= 11 is 0. The fraction of sp³-hybridized carbons (Fsp3) is 0.533. The molecule has 0 aliphatic rings. The lowest BCUT2D eigenvalue weighted by molar-refractivity contribution is -0.117. The molecule has 0 spiro atoms. The van der Waals surface area contributed by atoms with E-state index in [9.17, 15) is 4.79 Å². The number of hydrogen-bond acceptors (Lipinski definition) is 2. The molecular formula is C15H24N2O. The topological polar surface area (TPSA) is 32.3 Å². The van der Waals surface area contributed by atoms with E-state index >= 15 is 0 Å². The van der Waals surface area contributed by atoms with Crippen molar-refractivity contribution in [1.82, 2.24) is 5.32 Å². The third-order valence-corrected chi connectivity index (χ3v) is 3.16. The monoisotopic (exact) mass is 248 g/mol. The zero-order valence-electron chi connectivity index (χ0n) is 12.1. The first-order chi connectivity index (χ1) is 8.47. The van der Waals surface area contributed by atoms with Crippen molar-refractivity contribution in [1.29, 1.82) is 0 Å². The number of aryl methyl sites for hydroxylation is 1. The Morgan fingerprint density at radius 1 is 1.39 bits per heavy atom. The van der Waals surface area contributed by atoms with Crippen molar-refractivity contribution in [2.45, 2.75) is 33.6 Å². The van der Waals surface area contributed by atoms with Gasteiger partial charge in [-0.2, -0.15) is 0 Å². The SMILES string of the molecule is CCNCC(=O)N(C)c1cc(C(C)C)ccc1C. The highest BCUT2D eigenvalue weighted by Crippen LogP contribution is 2.24. The summed E-state index contributed by atoms with van der Waals surface area (Å²) in [7, 11) is 1.84. The normalized spacial score (nSPS) is 10.8. The van der Waals surface area contributed by atoms with E-state index in [1.807, 2.05) is 20.9 Å². The van der Waals surface area contributed by atoms with Gasteiger partial charge in [-0.3, -0.25) is 4.79 Å². The molecule has 0 heterocycles. The first-order valence-corrected chi connectivity index (χ1v) is 6.55. The van der Waals surface area contributed by atoms with E-state index in [1.165, 1.54) is 5.56 Å². The maximum absolute atomic E-state index is 12.0. The molecule has 0 aromatic heterocycles. The van der Waals surface area contributed by atoms with Crippen LogP contribution in [0, 0.1) is 6.92 Å². The van der Waals surface area contributed by atoms with E-state index in [0.717, 1.165) is 17.8 Å². The van der Waals surface area contributed by atoms with Crippen LogP contribution in [-0.4, -0.2) is 26.0 Å². The molecule has 1 rings (SSSR count). The van der Waals surface area contributed by atoms with E-state index < -0.39 is 0 Å². The first-order valence-electron chi connectivity index (χ1n) is 6.55. The van der Waals surface area contributed by atoms with Gasteiger partial charge < -0.3 is 10.2 Å². The maximum Gasteiger partial charge on any atom is 0.240 e. The summed E-state index contributed by atoms with van der Waals surface area (Å²) in [5.41, 5.74) is 3.40. The first kappa shape index (κ1) is 14.7. The van der Waals surface area contributed by atoms with Crippen LogP contribution >= 0.6 is 0 Å². The predicted molar refractivity (Wildman–Crippen MR) is 77.2 cm³/mol. The lowest BCUT2D eigenvalue weighted by atomic mass is 10.0. The highest BCUT2D eigenvalue weighted by Gasteiger charge is 2.13. The van der Waals surface area contributed by atoms with Crippen LogP contribution in [0.25, 0.3) is 0 Å². The number of carbonyl (C=O) groups excluding carboxylic acids is 1. The minimum absolute atomic E-state index is 0.0980. The van der Waals surface area contributed by atoms with Crippen molar-refractivity contribution in [2.24, 2.45) is 0 Å². The fourth-order valence-electron chi connectivity index (χ4n) is 1.83. The molecule has 0 saturated carbocycles. The number of benzene rings is 1. The summed E-state index contributed by atoms with van der Waals surface area (Å²) in [5.74, 6) is 0.572. The molecule has 0 atom stereocenters. The number of nitrogens with zero attached hydrogens (tertiary/aromatic N) is 1. The van der Waals surface area contributed by atoms with E-state index in [-0.39, 0.29) is 5.91 Å². The predicted octanol–water partition coefficient (Wildman–Crippen LogP) is 2.69. The highest BCUT2D eigenvalue weighted by atomic mass is 16.2. The Morgan fingerprint density at radius 2 is 2.06 bits per heavy atom. The van der Waals surface area contributed by atoms with Crippen molar-refractivity contribution >= 4 is 11.6 Å². The van der Waals surface area contributed by atoms with Gasteiger partial charge in [-0.05, 0) is 36.6 Å². The Bertz CT molecular complexity index is 413. The fourth-order valence-corrected chi connectivity index (χ4v) is 1.83. The number of hydrogen-bond donors (Lipinski definition) is 1. The molecule has 0 aliphatic heterocycles. The standard InChI is InChI=1S/C15H24N2O/c1-6-16-10-15(18)17(5)14-9-13(11(2)3)8-7-12(14)4/h7-9,11,16H,6,10H2,1-5H3. The van der Waals surface area contributed by atoms with Gasteiger partial charge in [0, 0.05) is 12.7 Å². The van der Waals surface area contributed by atoms with Crippen molar-refractivity contribution in [3.8, 4) is 0 Å². The van der Waals surface area contributed by atoms with Crippen LogP contribution in [0.5, 0.6) is 0 Å². The van der Waals surface area contributed by atoms with Crippen molar-refractivity contribution in [3.63, 3.8) is 0 Å². The number of amides is 1. The third kappa shape index (κ3) is 3.57. The Kier molecular flexibility index (Phi) is 5.35. The Balaban J connectivity index is 2.93. The molecule has 0 fully saturated rings. The smallest absolute Gasteiger partial charge is 0.240 e. The van der Waals surface area contributed by atoms with Crippen LogP contribution in [0.2, 0.25) is 0 Å². The average molecular weight is 248 g/mol. The minimum atomic E-state index is 0.0980. The van der Waals surface area contributed by atoms with E-state index in [0.29, 0.717) is 12.5 Å². The molecule has 0 radical (unpaired) electrons. The van der Waals surface area contributed by atoms with Crippen molar-refractivity contribution in [3.05, 3.63) is 29.3 Å². The maximum atomic E-state index is 12.0. The molecule has 3 heteroatoms. The molecule has 18 heavy (non-hydrogen) atoms. The summed E-state index contributed by atoms with van der Waals surface area (Å²) in [6.45, 7) is 9.56. The Hall–Kier alpha value is -1.35. The molecule has 3 nitrogen and oxygen atoms in total. The van der Waals surface area contributed by atoms with Gasteiger partial charge in [0.2, 0.25) is 5.91 Å². The number of likely N-dealkylation sites (N-methyl/N-ethyl adjacent to an activating group) is 2. The molecule has 0 saturated heterocycles. The zero-order chi connectivity index (χ0) is 13.7. The molecule has 0 unspecified atom stereocenters. The summed E-state index contributed by atoms with van der Waals surface area (Å²) in [6.07, 6.45) is 0. The lowest BCUT2D eigenvalue weighted by Crippen LogP contribution is -2.35. The van der Waals surface area contributed by atoms with Crippen LogP contribution in [0.1, 0.15) is 37.8 Å². The number of nitrogens with one attached hydrogen (secondary N) is 1. The van der Waals surface area contributed by atoms with Gasteiger partial charge in [-0.25, -0.2) is 0 Å². The summed E-state index contributed by atoms with van der Waals surface area (Å²) in [5, 5.41) is 3.06. The minimum Gasteiger partial charge on any atom is -0.314 e. The van der Waals surface area contributed by atoms with Crippen LogP contribution in [0.15, 0.2) is 18.2 Å². The Morgan fingerprint density at radius 3 is 2.61 bits per heavy atom. The van der Waals surface area contributed by atoms with Crippen LogP contribution < -0.4 is 10.2 Å². The molecule has 1 amide bonds. The van der Waals surface area contributed by atoms with E-state index in [1.54, 1.807) is 4.90 Å². The largest absolute Gasteiger partial charge is 0.314 e. The molecule has 1 N–H and O–H groups in total. The number of rotatable bonds is 5. The van der Waals surface area contributed by atoms with Gasteiger partial charge >= 0.3 is 0 Å². The summed E-state index contributed by atoms with van der Waals surface area (Å²) in [4.78, 5) is 13.7. The van der Waals surface area contributed by atoms with Crippen molar-refractivity contribution in [2.75, 3.05) is 25.0 Å². The van der Waals surface area contributed by atoms with Crippen LogP contribution in [0.4, 0.5) is 5.69 Å². The molecule has 1 aromatic carbocycles. The summed E-state index contributed by atoms with van der Waals surface area (Å²) < 4.78 is 0.